The van der Waals surface area contributed by atoms with Gasteiger partial charge in [-0.1, -0.05) is 6.07 Å². The molecule has 0 radical (unpaired) electrons. The van der Waals surface area contributed by atoms with Crippen LogP contribution in [0.4, 0.5) is 0 Å². The van der Waals surface area contributed by atoms with E-state index in [9.17, 15) is 0 Å². The summed E-state index contributed by atoms with van der Waals surface area (Å²) in [5.41, 5.74) is 7.26. The van der Waals surface area contributed by atoms with Crippen LogP contribution < -0.4 is 5.73 Å². The van der Waals surface area contributed by atoms with Crippen molar-refractivity contribution in [1.82, 2.24) is 4.98 Å². The van der Waals surface area contributed by atoms with E-state index in [1.807, 2.05) is 24.4 Å². The van der Waals surface area contributed by atoms with Gasteiger partial charge in [0, 0.05) is 27.3 Å². The number of halogens is 1. The number of nitrogens with two attached hydrogens (primary N) is 1. The van der Waals surface area contributed by atoms with E-state index in [0.717, 1.165) is 25.0 Å². The number of pyridine rings is 1. The van der Waals surface area contributed by atoms with Gasteiger partial charge in [-0.05, 0) is 58.8 Å². The largest absolute Gasteiger partial charge is 0.327 e. The molecule has 0 aromatic carbocycles. The summed E-state index contributed by atoms with van der Waals surface area (Å²) in [4.78, 5) is 5.64. The van der Waals surface area contributed by atoms with Crippen LogP contribution in [0.5, 0.6) is 0 Å². The Bertz CT molecular complexity index is 455. The molecule has 2 nitrogen and oxygen atoms in total. The second kappa shape index (κ2) is 6.28. The van der Waals surface area contributed by atoms with E-state index < -0.39 is 0 Å². The van der Waals surface area contributed by atoms with E-state index in [1.54, 1.807) is 11.3 Å². The first kappa shape index (κ1) is 12.7. The van der Waals surface area contributed by atoms with Gasteiger partial charge >= 0.3 is 0 Å². The SMILES string of the molecule is NC(CCc1ccccn1)Cc1sccc1Br. The molecule has 0 spiro atoms. The smallest absolute Gasteiger partial charge is 0.0404 e. The Labute approximate surface area is 114 Å². The van der Waals surface area contributed by atoms with Crippen LogP contribution in [0.25, 0.3) is 0 Å². The predicted molar refractivity (Wildman–Crippen MR) is 76.3 cm³/mol. The van der Waals surface area contributed by atoms with Crippen molar-refractivity contribution in [3.05, 3.63) is 50.9 Å². The van der Waals surface area contributed by atoms with Crippen molar-refractivity contribution in [2.75, 3.05) is 0 Å². The first-order valence-corrected chi connectivity index (χ1v) is 7.30. The number of thiophene rings is 1. The topological polar surface area (TPSA) is 38.9 Å². The molecule has 0 amide bonds. The molecular weight excluding hydrogens is 296 g/mol. The predicted octanol–water partition coefficient (Wildman–Crippen LogP) is 3.41. The molecule has 17 heavy (non-hydrogen) atoms. The maximum atomic E-state index is 6.14. The van der Waals surface area contributed by atoms with Gasteiger partial charge in [-0.3, -0.25) is 4.98 Å². The van der Waals surface area contributed by atoms with E-state index in [0.29, 0.717) is 0 Å². The van der Waals surface area contributed by atoms with Crippen LogP contribution in [-0.2, 0) is 12.8 Å². The van der Waals surface area contributed by atoms with Gasteiger partial charge < -0.3 is 5.73 Å². The lowest BCUT2D eigenvalue weighted by Crippen LogP contribution is -2.23. The van der Waals surface area contributed by atoms with Gasteiger partial charge in [0.15, 0.2) is 0 Å². The molecule has 0 aliphatic rings. The fourth-order valence-electron chi connectivity index (χ4n) is 1.69. The third kappa shape index (κ3) is 3.91. The number of aromatic nitrogens is 1. The Morgan fingerprint density at radius 1 is 1.35 bits per heavy atom. The van der Waals surface area contributed by atoms with Crippen molar-refractivity contribution >= 4 is 27.3 Å². The zero-order valence-electron chi connectivity index (χ0n) is 9.47. The summed E-state index contributed by atoms with van der Waals surface area (Å²) in [6, 6.07) is 8.28. The molecule has 1 unspecified atom stereocenters. The summed E-state index contributed by atoms with van der Waals surface area (Å²) in [7, 11) is 0. The van der Waals surface area contributed by atoms with Crippen molar-refractivity contribution in [3.63, 3.8) is 0 Å². The second-order valence-electron chi connectivity index (χ2n) is 4.02. The Balaban J connectivity index is 1.82. The lowest BCUT2D eigenvalue weighted by atomic mass is 10.1. The molecule has 2 rings (SSSR count). The number of nitrogens with zero attached hydrogens (tertiary/aromatic N) is 1. The molecule has 90 valence electrons. The monoisotopic (exact) mass is 310 g/mol. The van der Waals surface area contributed by atoms with E-state index in [2.05, 4.69) is 32.4 Å². The van der Waals surface area contributed by atoms with Gasteiger partial charge in [0.2, 0.25) is 0 Å². The van der Waals surface area contributed by atoms with Crippen LogP contribution in [0, 0.1) is 0 Å². The summed E-state index contributed by atoms with van der Waals surface area (Å²) in [5.74, 6) is 0. The molecule has 4 heteroatoms. The van der Waals surface area contributed by atoms with Crippen LogP contribution >= 0.6 is 27.3 Å². The standard InChI is InChI=1S/C13H15BrN2S/c14-12-6-8-17-13(12)9-10(15)4-5-11-3-1-2-7-16-11/h1-3,6-8,10H,4-5,9,15H2. The van der Waals surface area contributed by atoms with E-state index >= 15 is 0 Å². The van der Waals surface area contributed by atoms with Crippen LogP contribution in [-0.4, -0.2) is 11.0 Å². The highest BCUT2D eigenvalue weighted by Gasteiger charge is 2.08. The third-order valence-corrected chi connectivity index (χ3v) is 4.58. The fourth-order valence-corrected chi connectivity index (χ4v) is 3.30. The number of aryl methyl sites for hydroxylation is 1. The van der Waals surface area contributed by atoms with Crippen molar-refractivity contribution < 1.29 is 0 Å². The van der Waals surface area contributed by atoms with Crippen LogP contribution in [0.15, 0.2) is 40.3 Å². The maximum absolute atomic E-state index is 6.14. The van der Waals surface area contributed by atoms with Crippen molar-refractivity contribution in [2.24, 2.45) is 5.73 Å². The van der Waals surface area contributed by atoms with Gasteiger partial charge in [-0.25, -0.2) is 0 Å². The zero-order valence-corrected chi connectivity index (χ0v) is 11.9. The van der Waals surface area contributed by atoms with Gasteiger partial charge in [-0.2, -0.15) is 0 Å². The average Bonchev–Trinajstić information content (AvgIpc) is 2.74. The molecular formula is C13H15BrN2S. The lowest BCUT2D eigenvalue weighted by Gasteiger charge is -2.10. The molecule has 2 aromatic heterocycles. The normalized spacial score (nSPS) is 12.6. The first-order valence-electron chi connectivity index (χ1n) is 5.63. The maximum Gasteiger partial charge on any atom is 0.0404 e. The zero-order chi connectivity index (χ0) is 12.1. The van der Waals surface area contributed by atoms with Gasteiger partial charge in [0.25, 0.3) is 0 Å². The molecule has 0 aliphatic heterocycles. The van der Waals surface area contributed by atoms with Gasteiger partial charge in [-0.15, -0.1) is 11.3 Å². The lowest BCUT2D eigenvalue weighted by molar-refractivity contribution is 0.608. The highest BCUT2D eigenvalue weighted by atomic mass is 79.9. The number of hydrogen-bond donors (Lipinski definition) is 1. The molecule has 0 saturated carbocycles. The average molecular weight is 311 g/mol. The summed E-state index contributed by atoms with van der Waals surface area (Å²) < 4.78 is 1.18. The number of hydrogen-bond acceptors (Lipinski definition) is 3. The highest BCUT2D eigenvalue weighted by molar-refractivity contribution is 9.10. The van der Waals surface area contributed by atoms with Crippen LogP contribution in [0.2, 0.25) is 0 Å². The minimum absolute atomic E-state index is 0.201. The van der Waals surface area contributed by atoms with Crippen LogP contribution in [0.1, 0.15) is 17.0 Å². The van der Waals surface area contributed by atoms with Crippen LogP contribution in [0.3, 0.4) is 0 Å². The van der Waals surface area contributed by atoms with Gasteiger partial charge in [0.05, 0.1) is 0 Å². The van der Waals surface area contributed by atoms with Crippen molar-refractivity contribution in [1.29, 1.82) is 0 Å². The van der Waals surface area contributed by atoms with E-state index in [-0.39, 0.29) is 6.04 Å². The quantitative estimate of drug-likeness (QED) is 0.919. The Morgan fingerprint density at radius 2 is 2.24 bits per heavy atom. The Hall–Kier alpha value is -0.710. The molecule has 1 atom stereocenters. The summed E-state index contributed by atoms with van der Waals surface area (Å²) in [5, 5.41) is 2.09. The summed E-state index contributed by atoms with van der Waals surface area (Å²) in [6.07, 6.45) is 4.69. The Morgan fingerprint density at radius 3 is 2.88 bits per heavy atom. The Kier molecular flexibility index (Phi) is 4.71. The molecule has 2 heterocycles. The van der Waals surface area contributed by atoms with E-state index in [4.69, 9.17) is 5.73 Å². The van der Waals surface area contributed by atoms with E-state index in [1.165, 1.54) is 9.35 Å². The molecule has 0 saturated heterocycles. The first-order chi connectivity index (χ1) is 8.25. The van der Waals surface area contributed by atoms with Gasteiger partial charge in [0.1, 0.15) is 0 Å². The molecule has 0 aliphatic carbocycles. The van der Waals surface area contributed by atoms with Crippen molar-refractivity contribution in [2.45, 2.75) is 25.3 Å². The number of rotatable bonds is 5. The third-order valence-electron chi connectivity index (χ3n) is 2.64. The summed E-state index contributed by atoms with van der Waals surface area (Å²) >= 11 is 5.29. The molecule has 0 bridgehead atoms. The second-order valence-corrected chi connectivity index (χ2v) is 5.87. The molecule has 0 fully saturated rings. The molecule has 2 aromatic rings. The minimum Gasteiger partial charge on any atom is -0.327 e. The molecule has 2 N–H and O–H groups in total. The fraction of sp³-hybridized carbons (Fsp3) is 0.308. The summed E-state index contributed by atoms with van der Waals surface area (Å²) in [6.45, 7) is 0. The minimum atomic E-state index is 0.201. The van der Waals surface area contributed by atoms with Crippen molar-refractivity contribution in [3.8, 4) is 0 Å². The highest BCUT2D eigenvalue weighted by Crippen LogP contribution is 2.24.